The minimum absolute atomic E-state index is 0.0448. The first kappa shape index (κ1) is 12.1. The molecule has 3 heterocycles. The molecule has 0 aromatic carbocycles. The van der Waals surface area contributed by atoms with E-state index in [1.165, 1.54) is 0 Å². The van der Waals surface area contributed by atoms with Gasteiger partial charge in [0.15, 0.2) is 0 Å². The van der Waals surface area contributed by atoms with Gasteiger partial charge in [-0.25, -0.2) is 0 Å². The van der Waals surface area contributed by atoms with Crippen LogP contribution in [0.3, 0.4) is 0 Å². The van der Waals surface area contributed by atoms with E-state index in [9.17, 15) is 4.79 Å². The van der Waals surface area contributed by atoms with Crippen LogP contribution in [-0.4, -0.2) is 39.1 Å². The van der Waals surface area contributed by atoms with Gasteiger partial charge in [-0.2, -0.15) is 0 Å². The fourth-order valence-corrected chi connectivity index (χ4v) is 2.94. The minimum Gasteiger partial charge on any atom is -0.328 e. The molecule has 3 rings (SSSR count). The van der Waals surface area contributed by atoms with Crippen molar-refractivity contribution >= 4 is 29.0 Å². The number of carbonyl (C=O) groups excluding carboxylic acids is 1. The van der Waals surface area contributed by atoms with Gasteiger partial charge >= 0.3 is 0 Å². The summed E-state index contributed by atoms with van der Waals surface area (Å²) in [6, 6.07) is 0. The number of aliphatic imine (C=N–C) groups is 1. The Bertz CT molecular complexity index is 594. The number of carbonyl (C=O) groups is 1. The molecule has 1 aromatic rings. The summed E-state index contributed by atoms with van der Waals surface area (Å²) in [7, 11) is 0. The van der Waals surface area contributed by atoms with Gasteiger partial charge in [-0.15, -0.1) is 11.8 Å². The zero-order valence-corrected chi connectivity index (χ0v) is 11.0. The lowest BCUT2D eigenvalue weighted by atomic mass is 10.1. The molecule has 0 radical (unpaired) electrons. The predicted octanol–water partition coefficient (Wildman–Crippen LogP) is 1.06. The maximum absolute atomic E-state index is 11.9. The summed E-state index contributed by atoms with van der Waals surface area (Å²) in [5.41, 5.74) is 3.37. The molecule has 1 amide bonds. The molecule has 6 heteroatoms. The summed E-state index contributed by atoms with van der Waals surface area (Å²) in [6.07, 6.45) is 6.94. The first-order chi connectivity index (χ1) is 9.24. The second-order valence-corrected chi connectivity index (χ2v) is 5.38. The number of nitrogens with zero attached hydrogens (tertiary/aromatic N) is 3. The van der Waals surface area contributed by atoms with Crippen molar-refractivity contribution in [2.75, 3.05) is 12.3 Å². The summed E-state index contributed by atoms with van der Waals surface area (Å²) in [5.74, 6) is 0.681. The standard InChI is InChI=1S/C13H12N4OS/c1-8-7-19-12(13(18)17-8)10-4-9(5-16-10)11-6-14-2-3-15-11/h2-4,6,12H,1,5,7H2,(H,17,18). The highest BCUT2D eigenvalue weighted by molar-refractivity contribution is 8.01. The van der Waals surface area contributed by atoms with E-state index >= 15 is 0 Å². The molecular weight excluding hydrogens is 260 g/mol. The van der Waals surface area contributed by atoms with E-state index in [1.807, 2.05) is 6.08 Å². The Labute approximate surface area is 114 Å². The van der Waals surface area contributed by atoms with Crippen LogP contribution < -0.4 is 5.32 Å². The molecule has 1 aromatic heterocycles. The van der Waals surface area contributed by atoms with Crippen LogP contribution in [0.4, 0.5) is 0 Å². The van der Waals surface area contributed by atoms with Gasteiger partial charge in [0.2, 0.25) is 5.91 Å². The van der Waals surface area contributed by atoms with Gasteiger partial charge in [0.1, 0.15) is 5.25 Å². The van der Waals surface area contributed by atoms with E-state index in [1.54, 1.807) is 30.4 Å². The van der Waals surface area contributed by atoms with Gasteiger partial charge < -0.3 is 5.32 Å². The van der Waals surface area contributed by atoms with Crippen molar-refractivity contribution in [2.45, 2.75) is 5.25 Å². The number of allylic oxidation sites excluding steroid dienone is 1. The zero-order chi connectivity index (χ0) is 13.2. The molecule has 0 bridgehead atoms. The Morgan fingerprint density at radius 1 is 1.42 bits per heavy atom. The van der Waals surface area contributed by atoms with Gasteiger partial charge in [-0.3, -0.25) is 19.8 Å². The first-order valence-corrected chi connectivity index (χ1v) is 6.90. The van der Waals surface area contributed by atoms with E-state index in [4.69, 9.17) is 0 Å². The molecule has 0 aliphatic carbocycles. The number of nitrogens with one attached hydrogen (secondary N) is 1. The minimum atomic E-state index is -0.250. The third-order valence-electron chi connectivity index (χ3n) is 2.88. The summed E-state index contributed by atoms with van der Waals surface area (Å²) >= 11 is 1.55. The average molecular weight is 272 g/mol. The topological polar surface area (TPSA) is 67.2 Å². The molecule has 19 heavy (non-hydrogen) atoms. The maximum Gasteiger partial charge on any atom is 0.243 e. The first-order valence-electron chi connectivity index (χ1n) is 5.85. The molecule has 1 N–H and O–H groups in total. The quantitative estimate of drug-likeness (QED) is 0.874. The number of aromatic nitrogens is 2. The molecular formula is C13H12N4OS. The molecule has 1 saturated heterocycles. The van der Waals surface area contributed by atoms with Crippen LogP contribution in [0.25, 0.3) is 5.57 Å². The van der Waals surface area contributed by atoms with Crippen LogP contribution >= 0.6 is 11.8 Å². The second-order valence-electron chi connectivity index (χ2n) is 4.29. The molecule has 2 aliphatic heterocycles. The van der Waals surface area contributed by atoms with Crippen molar-refractivity contribution in [1.29, 1.82) is 0 Å². The smallest absolute Gasteiger partial charge is 0.243 e. The lowest BCUT2D eigenvalue weighted by molar-refractivity contribution is -0.118. The lowest BCUT2D eigenvalue weighted by Crippen LogP contribution is -2.41. The van der Waals surface area contributed by atoms with Gasteiger partial charge in [0.05, 0.1) is 24.1 Å². The summed E-state index contributed by atoms with van der Waals surface area (Å²) in [5, 5.41) is 2.52. The molecule has 96 valence electrons. The fourth-order valence-electron chi connectivity index (χ4n) is 1.98. The summed E-state index contributed by atoms with van der Waals surface area (Å²) < 4.78 is 0. The molecule has 0 spiro atoms. The van der Waals surface area contributed by atoms with Crippen LogP contribution in [0.2, 0.25) is 0 Å². The van der Waals surface area contributed by atoms with E-state index in [2.05, 4.69) is 26.9 Å². The summed E-state index contributed by atoms with van der Waals surface area (Å²) in [6.45, 7) is 4.32. The summed E-state index contributed by atoms with van der Waals surface area (Å²) in [4.78, 5) is 24.6. The third kappa shape index (κ3) is 2.44. The molecule has 1 unspecified atom stereocenters. The molecule has 0 saturated carbocycles. The Morgan fingerprint density at radius 2 is 2.32 bits per heavy atom. The van der Waals surface area contributed by atoms with Gasteiger partial charge in [0, 0.05) is 29.4 Å². The number of amides is 1. The highest BCUT2D eigenvalue weighted by atomic mass is 32.2. The average Bonchev–Trinajstić information content (AvgIpc) is 2.89. The van der Waals surface area contributed by atoms with Crippen LogP contribution in [0.5, 0.6) is 0 Å². The van der Waals surface area contributed by atoms with Crippen LogP contribution in [0.1, 0.15) is 5.69 Å². The van der Waals surface area contributed by atoms with E-state index < -0.39 is 0 Å². The maximum atomic E-state index is 11.9. The zero-order valence-electron chi connectivity index (χ0n) is 10.2. The molecule has 1 atom stereocenters. The Morgan fingerprint density at radius 3 is 3.05 bits per heavy atom. The Hall–Kier alpha value is -1.95. The largest absolute Gasteiger partial charge is 0.328 e. The lowest BCUT2D eigenvalue weighted by Gasteiger charge is -2.22. The highest BCUT2D eigenvalue weighted by Crippen LogP contribution is 2.26. The van der Waals surface area contributed by atoms with E-state index in [0.717, 1.165) is 28.4 Å². The van der Waals surface area contributed by atoms with E-state index in [-0.39, 0.29) is 11.2 Å². The van der Waals surface area contributed by atoms with Gasteiger partial charge in [-0.05, 0) is 6.08 Å². The van der Waals surface area contributed by atoms with E-state index in [0.29, 0.717) is 6.54 Å². The van der Waals surface area contributed by atoms with Crippen molar-refractivity contribution in [1.82, 2.24) is 15.3 Å². The number of rotatable bonds is 2. The van der Waals surface area contributed by atoms with Crippen LogP contribution in [0.15, 0.2) is 41.9 Å². The SMILES string of the molecule is C=C1CSC(C2=NCC(c3cnccn3)=C2)C(=O)N1. The van der Waals surface area contributed by atoms with Gasteiger partial charge in [0.25, 0.3) is 0 Å². The number of hydrogen-bond donors (Lipinski definition) is 1. The van der Waals surface area contributed by atoms with Crippen LogP contribution in [-0.2, 0) is 4.79 Å². The van der Waals surface area contributed by atoms with Crippen molar-refractivity contribution in [3.63, 3.8) is 0 Å². The monoisotopic (exact) mass is 272 g/mol. The fraction of sp³-hybridized carbons (Fsp3) is 0.231. The molecule has 1 fully saturated rings. The van der Waals surface area contributed by atoms with Crippen molar-refractivity contribution in [3.05, 3.63) is 42.6 Å². The molecule has 2 aliphatic rings. The molecule has 5 nitrogen and oxygen atoms in total. The highest BCUT2D eigenvalue weighted by Gasteiger charge is 2.30. The third-order valence-corrected chi connectivity index (χ3v) is 4.18. The van der Waals surface area contributed by atoms with Gasteiger partial charge in [-0.1, -0.05) is 6.58 Å². The van der Waals surface area contributed by atoms with Crippen molar-refractivity contribution in [2.24, 2.45) is 4.99 Å². The van der Waals surface area contributed by atoms with Crippen LogP contribution in [0, 0.1) is 0 Å². The Balaban J connectivity index is 1.79. The van der Waals surface area contributed by atoms with Crippen molar-refractivity contribution < 1.29 is 4.79 Å². The normalized spacial score (nSPS) is 22.8. The predicted molar refractivity (Wildman–Crippen MR) is 75.8 cm³/mol. The number of thioether (sulfide) groups is 1. The Kier molecular flexibility index (Phi) is 3.16. The van der Waals surface area contributed by atoms with Crippen molar-refractivity contribution in [3.8, 4) is 0 Å². The number of hydrogen-bond acceptors (Lipinski definition) is 5. The second kappa shape index (κ2) is 4.97.